The number of hydrogen-bond acceptors (Lipinski definition) is 3. The van der Waals surface area contributed by atoms with Crippen LogP contribution >= 0.6 is 0 Å². The highest BCUT2D eigenvalue weighted by Gasteiger charge is 2.46. The molecule has 1 aliphatic heterocycles. The van der Waals surface area contributed by atoms with Crippen molar-refractivity contribution in [3.8, 4) is 0 Å². The van der Waals surface area contributed by atoms with E-state index in [4.69, 9.17) is 4.74 Å². The van der Waals surface area contributed by atoms with Crippen molar-refractivity contribution in [2.75, 3.05) is 26.3 Å². The highest BCUT2D eigenvalue weighted by Crippen LogP contribution is 2.31. The Labute approximate surface area is 121 Å². The Morgan fingerprint density at radius 3 is 2.60 bits per heavy atom. The van der Waals surface area contributed by atoms with Gasteiger partial charge in [0.2, 0.25) is 11.8 Å². The number of amides is 2. The molecule has 2 fully saturated rings. The van der Waals surface area contributed by atoms with Crippen molar-refractivity contribution in [1.29, 1.82) is 0 Å². The summed E-state index contributed by atoms with van der Waals surface area (Å²) in [5.74, 6) is 0.542. The molecule has 20 heavy (non-hydrogen) atoms. The van der Waals surface area contributed by atoms with Crippen LogP contribution in [0.2, 0.25) is 0 Å². The monoisotopic (exact) mass is 282 g/mol. The maximum absolute atomic E-state index is 12.6. The number of piperazine rings is 1. The number of rotatable bonds is 5. The molecule has 1 heterocycles. The molecule has 1 saturated heterocycles. The average Bonchev–Trinajstić information content (AvgIpc) is 2.41. The lowest BCUT2D eigenvalue weighted by molar-refractivity contribution is -0.152. The first kappa shape index (κ1) is 15.3. The van der Waals surface area contributed by atoms with Gasteiger partial charge >= 0.3 is 0 Å². The fourth-order valence-electron chi connectivity index (χ4n) is 3.08. The van der Waals surface area contributed by atoms with E-state index in [2.05, 4.69) is 19.2 Å². The van der Waals surface area contributed by atoms with Gasteiger partial charge in [0.25, 0.3) is 0 Å². The second-order valence-corrected chi connectivity index (χ2v) is 6.39. The van der Waals surface area contributed by atoms with E-state index in [1.807, 2.05) is 0 Å². The average molecular weight is 282 g/mol. The molecule has 0 aromatic heterocycles. The molecule has 2 amide bonds. The van der Waals surface area contributed by atoms with E-state index in [1.54, 1.807) is 4.90 Å². The van der Waals surface area contributed by atoms with Crippen LogP contribution in [-0.4, -0.2) is 48.6 Å². The lowest BCUT2D eigenvalue weighted by Gasteiger charge is -2.44. The topological polar surface area (TPSA) is 58.6 Å². The van der Waals surface area contributed by atoms with Gasteiger partial charge in [-0.3, -0.25) is 9.59 Å². The van der Waals surface area contributed by atoms with Crippen LogP contribution in [-0.2, 0) is 14.3 Å². The largest absolute Gasteiger partial charge is 0.379 e. The van der Waals surface area contributed by atoms with Crippen LogP contribution in [0.5, 0.6) is 0 Å². The number of nitrogens with one attached hydrogen (secondary N) is 1. The molecule has 0 bridgehead atoms. The molecular formula is C15H26N2O3. The molecule has 2 rings (SSSR count). The maximum atomic E-state index is 12.6. The number of carbonyl (C=O) groups excluding carboxylic acids is 2. The van der Waals surface area contributed by atoms with Gasteiger partial charge in [-0.25, -0.2) is 0 Å². The Hall–Kier alpha value is -1.10. The van der Waals surface area contributed by atoms with Gasteiger partial charge in [-0.1, -0.05) is 33.1 Å². The van der Waals surface area contributed by atoms with Crippen LogP contribution < -0.4 is 5.32 Å². The van der Waals surface area contributed by atoms with Gasteiger partial charge in [-0.15, -0.1) is 0 Å². The van der Waals surface area contributed by atoms with E-state index in [1.165, 1.54) is 0 Å². The van der Waals surface area contributed by atoms with E-state index < -0.39 is 5.54 Å². The van der Waals surface area contributed by atoms with Crippen molar-refractivity contribution in [2.45, 2.75) is 51.5 Å². The van der Waals surface area contributed by atoms with Gasteiger partial charge in [0.1, 0.15) is 5.54 Å². The van der Waals surface area contributed by atoms with Crippen molar-refractivity contribution in [1.82, 2.24) is 10.2 Å². The van der Waals surface area contributed by atoms with Crippen molar-refractivity contribution in [3.05, 3.63) is 0 Å². The summed E-state index contributed by atoms with van der Waals surface area (Å²) < 4.78 is 5.53. The highest BCUT2D eigenvalue weighted by molar-refractivity contribution is 5.98. The van der Waals surface area contributed by atoms with Gasteiger partial charge < -0.3 is 15.0 Å². The summed E-state index contributed by atoms with van der Waals surface area (Å²) in [5, 5.41) is 2.95. The molecule has 1 saturated carbocycles. The SMILES string of the molecule is CC(C)COCCN1CC(=O)NC2(CCCCC2)C1=O. The van der Waals surface area contributed by atoms with Gasteiger partial charge in [0, 0.05) is 13.2 Å². The molecule has 0 radical (unpaired) electrons. The van der Waals surface area contributed by atoms with Crippen LogP contribution in [0.25, 0.3) is 0 Å². The van der Waals surface area contributed by atoms with Gasteiger partial charge in [-0.05, 0) is 18.8 Å². The Morgan fingerprint density at radius 2 is 1.95 bits per heavy atom. The summed E-state index contributed by atoms with van der Waals surface area (Å²) in [6.45, 7) is 6.08. The van der Waals surface area contributed by atoms with E-state index in [-0.39, 0.29) is 18.4 Å². The summed E-state index contributed by atoms with van der Waals surface area (Å²) >= 11 is 0. The normalized spacial score (nSPS) is 22.4. The highest BCUT2D eigenvalue weighted by atomic mass is 16.5. The zero-order valence-corrected chi connectivity index (χ0v) is 12.6. The third kappa shape index (κ3) is 3.51. The Balaban J connectivity index is 1.91. The summed E-state index contributed by atoms with van der Waals surface area (Å²) in [4.78, 5) is 26.2. The van der Waals surface area contributed by atoms with E-state index in [0.717, 1.165) is 32.1 Å². The predicted octanol–water partition coefficient (Wildman–Crippen LogP) is 1.32. The fourth-order valence-corrected chi connectivity index (χ4v) is 3.08. The van der Waals surface area contributed by atoms with Crippen molar-refractivity contribution in [3.63, 3.8) is 0 Å². The Morgan fingerprint density at radius 1 is 1.25 bits per heavy atom. The maximum Gasteiger partial charge on any atom is 0.248 e. The first-order chi connectivity index (χ1) is 9.53. The second-order valence-electron chi connectivity index (χ2n) is 6.39. The van der Waals surface area contributed by atoms with Gasteiger partial charge in [0.15, 0.2) is 0 Å². The van der Waals surface area contributed by atoms with Crippen molar-refractivity contribution < 1.29 is 14.3 Å². The predicted molar refractivity (Wildman–Crippen MR) is 76.2 cm³/mol. The van der Waals surface area contributed by atoms with Crippen LogP contribution in [0.15, 0.2) is 0 Å². The van der Waals surface area contributed by atoms with Crippen LogP contribution in [0.3, 0.4) is 0 Å². The molecule has 0 aromatic carbocycles. The quantitative estimate of drug-likeness (QED) is 0.774. The minimum Gasteiger partial charge on any atom is -0.379 e. The molecule has 5 heteroatoms. The standard InChI is InChI=1S/C15H26N2O3/c1-12(2)11-20-9-8-17-10-13(18)16-15(14(17)19)6-4-3-5-7-15/h12H,3-11H2,1-2H3,(H,16,18). The molecule has 114 valence electrons. The third-order valence-electron chi connectivity index (χ3n) is 4.07. The molecule has 0 unspecified atom stereocenters. The number of hydrogen-bond donors (Lipinski definition) is 1. The van der Waals surface area contributed by atoms with Crippen molar-refractivity contribution >= 4 is 11.8 Å². The first-order valence-electron chi connectivity index (χ1n) is 7.72. The van der Waals surface area contributed by atoms with Crippen LogP contribution in [0.1, 0.15) is 46.0 Å². The molecule has 1 aliphatic carbocycles. The molecule has 1 N–H and O–H groups in total. The third-order valence-corrected chi connectivity index (χ3v) is 4.07. The van der Waals surface area contributed by atoms with Crippen LogP contribution in [0, 0.1) is 5.92 Å². The number of carbonyl (C=O) groups is 2. The number of ether oxygens (including phenoxy) is 1. The van der Waals surface area contributed by atoms with Gasteiger partial charge in [-0.2, -0.15) is 0 Å². The van der Waals surface area contributed by atoms with Gasteiger partial charge in [0.05, 0.1) is 13.2 Å². The number of nitrogens with zero attached hydrogens (tertiary/aromatic N) is 1. The minimum atomic E-state index is -0.619. The minimum absolute atomic E-state index is 0.0321. The molecule has 5 nitrogen and oxygen atoms in total. The smallest absolute Gasteiger partial charge is 0.248 e. The summed E-state index contributed by atoms with van der Waals surface area (Å²) in [6.07, 6.45) is 4.75. The second kappa shape index (κ2) is 6.57. The molecule has 2 aliphatic rings. The van der Waals surface area contributed by atoms with E-state index in [9.17, 15) is 9.59 Å². The molecule has 0 atom stereocenters. The zero-order valence-electron chi connectivity index (χ0n) is 12.6. The lowest BCUT2D eigenvalue weighted by atomic mass is 9.79. The Bertz CT molecular complexity index is 362. The first-order valence-corrected chi connectivity index (χ1v) is 7.72. The van der Waals surface area contributed by atoms with Crippen LogP contribution in [0.4, 0.5) is 0 Å². The fraction of sp³-hybridized carbons (Fsp3) is 0.867. The van der Waals surface area contributed by atoms with E-state index >= 15 is 0 Å². The summed E-state index contributed by atoms with van der Waals surface area (Å²) in [5.41, 5.74) is -0.619. The van der Waals surface area contributed by atoms with E-state index in [0.29, 0.717) is 25.7 Å². The Kier molecular flexibility index (Phi) is 5.02. The lowest BCUT2D eigenvalue weighted by Crippen LogP contribution is -2.67. The molecule has 0 aromatic rings. The summed E-state index contributed by atoms with van der Waals surface area (Å²) in [6, 6.07) is 0. The molecule has 1 spiro atoms. The zero-order chi connectivity index (χ0) is 14.6. The van der Waals surface area contributed by atoms with Crippen molar-refractivity contribution in [2.24, 2.45) is 5.92 Å². The molecular weight excluding hydrogens is 256 g/mol. The summed E-state index contributed by atoms with van der Waals surface area (Å²) in [7, 11) is 0.